The van der Waals surface area contributed by atoms with Gasteiger partial charge in [0.05, 0.1) is 5.02 Å². The summed E-state index contributed by atoms with van der Waals surface area (Å²) in [5, 5.41) is 4.95. The quantitative estimate of drug-likeness (QED) is 0.850. The van der Waals surface area contributed by atoms with E-state index in [2.05, 4.69) is 0 Å². The van der Waals surface area contributed by atoms with Crippen molar-refractivity contribution in [2.24, 2.45) is 5.73 Å². The molecule has 1 aromatic heterocycles. The number of benzene rings is 1. The average molecular weight is 316 g/mol. The molecule has 102 valence electrons. The first-order valence-electron chi connectivity index (χ1n) is 6.01. The minimum atomic E-state index is -0.216. The SMILES string of the molecule is CCC(N)C(Oc1cccc(Cl)c1Cl)c1ccsc1. The summed E-state index contributed by atoms with van der Waals surface area (Å²) in [6, 6.07) is 7.27. The van der Waals surface area contributed by atoms with Gasteiger partial charge in [-0.05, 0) is 35.4 Å². The van der Waals surface area contributed by atoms with Crippen LogP contribution >= 0.6 is 34.5 Å². The molecule has 0 aliphatic carbocycles. The van der Waals surface area contributed by atoms with Crippen molar-refractivity contribution in [1.82, 2.24) is 0 Å². The fourth-order valence-corrected chi connectivity index (χ4v) is 2.79. The van der Waals surface area contributed by atoms with Crippen molar-refractivity contribution in [2.45, 2.75) is 25.5 Å². The lowest BCUT2D eigenvalue weighted by atomic mass is 10.0. The number of halogens is 2. The first-order valence-corrected chi connectivity index (χ1v) is 7.71. The molecule has 0 bridgehead atoms. The van der Waals surface area contributed by atoms with E-state index >= 15 is 0 Å². The topological polar surface area (TPSA) is 35.2 Å². The minimum Gasteiger partial charge on any atom is -0.482 e. The summed E-state index contributed by atoms with van der Waals surface area (Å²) < 4.78 is 5.99. The molecule has 5 heteroatoms. The molecule has 2 nitrogen and oxygen atoms in total. The highest BCUT2D eigenvalue weighted by Gasteiger charge is 2.22. The van der Waals surface area contributed by atoms with Crippen molar-refractivity contribution in [3.63, 3.8) is 0 Å². The van der Waals surface area contributed by atoms with Crippen LogP contribution in [0.25, 0.3) is 0 Å². The second kappa shape index (κ2) is 6.62. The van der Waals surface area contributed by atoms with Gasteiger partial charge in [-0.3, -0.25) is 0 Å². The smallest absolute Gasteiger partial charge is 0.140 e. The van der Waals surface area contributed by atoms with E-state index in [4.69, 9.17) is 33.7 Å². The van der Waals surface area contributed by atoms with E-state index in [-0.39, 0.29) is 12.1 Å². The number of rotatable bonds is 5. The van der Waals surface area contributed by atoms with Gasteiger partial charge in [0.2, 0.25) is 0 Å². The highest BCUT2D eigenvalue weighted by Crippen LogP contribution is 2.35. The number of nitrogens with two attached hydrogens (primary N) is 1. The fourth-order valence-electron chi connectivity index (χ4n) is 1.77. The maximum Gasteiger partial charge on any atom is 0.140 e. The van der Waals surface area contributed by atoms with Crippen molar-refractivity contribution in [3.05, 3.63) is 50.6 Å². The molecular formula is C14H15Cl2NOS. The molecule has 1 heterocycles. The van der Waals surface area contributed by atoms with Gasteiger partial charge in [0.25, 0.3) is 0 Å². The van der Waals surface area contributed by atoms with Crippen LogP contribution in [0.5, 0.6) is 5.75 Å². The Hall–Kier alpha value is -0.740. The largest absolute Gasteiger partial charge is 0.482 e. The molecule has 0 radical (unpaired) electrons. The predicted molar refractivity (Wildman–Crippen MR) is 82.4 cm³/mol. The molecule has 0 fully saturated rings. The summed E-state index contributed by atoms with van der Waals surface area (Å²) in [5.41, 5.74) is 7.21. The van der Waals surface area contributed by atoms with Crippen LogP contribution in [0.15, 0.2) is 35.0 Å². The van der Waals surface area contributed by atoms with E-state index in [9.17, 15) is 0 Å². The van der Waals surface area contributed by atoms with Gasteiger partial charge < -0.3 is 10.5 Å². The van der Waals surface area contributed by atoms with Gasteiger partial charge in [-0.25, -0.2) is 0 Å². The Morgan fingerprint density at radius 3 is 2.74 bits per heavy atom. The molecule has 19 heavy (non-hydrogen) atoms. The zero-order valence-corrected chi connectivity index (χ0v) is 12.8. The summed E-state index contributed by atoms with van der Waals surface area (Å²) in [7, 11) is 0. The zero-order chi connectivity index (χ0) is 13.8. The molecule has 0 aliphatic rings. The van der Waals surface area contributed by atoms with Crippen molar-refractivity contribution >= 4 is 34.5 Å². The Labute approximate surface area is 127 Å². The fraction of sp³-hybridized carbons (Fsp3) is 0.286. The predicted octanol–water partition coefficient (Wildman–Crippen LogP) is 4.91. The summed E-state index contributed by atoms with van der Waals surface area (Å²) >= 11 is 13.8. The molecule has 0 aliphatic heterocycles. The van der Waals surface area contributed by atoms with Crippen LogP contribution in [0.4, 0.5) is 0 Å². The molecule has 2 atom stereocenters. The van der Waals surface area contributed by atoms with Crippen molar-refractivity contribution in [3.8, 4) is 5.75 Å². The molecule has 2 rings (SSSR count). The van der Waals surface area contributed by atoms with Gasteiger partial charge >= 0.3 is 0 Å². The first kappa shape index (κ1) is 14.7. The van der Waals surface area contributed by atoms with E-state index in [0.29, 0.717) is 15.8 Å². The number of thiophene rings is 1. The van der Waals surface area contributed by atoms with Crippen LogP contribution in [0, 0.1) is 0 Å². The monoisotopic (exact) mass is 315 g/mol. The van der Waals surface area contributed by atoms with Crippen molar-refractivity contribution in [2.75, 3.05) is 0 Å². The minimum absolute atomic E-state index is 0.0929. The van der Waals surface area contributed by atoms with E-state index in [1.165, 1.54) is 0 Å². The van der Waals surface area contributed by atoms with Crippen molar-refractivity contribution < 1.29 is 4.74 Å². The molecule has 0 saturated carbocycles. The lowest BCUT2D eigenvalue weighted by Crippen LogP contribution is -2.31. The second-order valence-electron chi connectivity index (χ2n) is 4.22. The zero-order valence-electron chi connectivity index (χ0n) is 10.5. The Bertz CT molecular complexity index is 530. The van der Waals surface area contributed by atoms with Gasteiger partial charge in [-0.1, -0.05) is 36.2 Å². The van der Waals surface area contributed by atoms with Gasteiger partial charge in [-0.2, -0.15) is 11.3 Å². The van der Waals surface area contributed by atoms with E-state index in [0.717, 1.165) is 12.0 Å². The Morgan fingerprint density at radius 2 is 2.11 bits per heavy atom. The third-order valence-electron chi connectivity index (χ3n) is 2.90. The molecule has 0 spiro atoms. The van der Waals surface area contributed by atoms with E-state index in [1.54, 1.807) is 23.5 Å². The lowest BCUT2D eigenvalue weighted by Gasteiger charge is -2.24. The van der Waals surface area contributed by atoms with Crippen LogP contribution in [-0.2, 0) is 0 Å². The summed E-state index contributed by atoms with van der Waals surface area (Å²) in [6.07, 6.45) is 0.603. The molecule has 1 aromatic carbocycles. The third kappa shape index (κ3) is 3.42. The van der Waals surface area contributed by atoms with Crippen LogP contribution < -0.4 is 10.5 Å². The van der Waals surface area contributed by atoms with Gasteiger partial charge in [0.1, 0.15) is 16.9 Å². The summed E-state index contributed by atoms with van der Waals surface area (Å²) in [6.45, 7) is 2.03. The first-order chi connectivity index (χ1) is 9.13. The standard InChI is InChI=1S/C14H15Cl2NOS/c1-2-11(17)14(9-6-7-19-8-9)18-12-5-3-4-10(15)13(12)16/h3-8,11,14H,2,17H2,1H3. The molecular weight excluding hydrogens is 301 g/mol. The number of hydrogen-bond acceptors (Lipinski definition) is 3. The third-order valence-corrected chi connectivity index (χ3v) is 4.41. The van der Waals surface area contributed by atoms with Gasteiger partial charge in [-0.15, -0.1) is 0 Å². The maximum atomic E-state index is 6.15. The molecule has 2 unspecified atom stereocenters. The molecule has 2 N–H and O–H groups in total. The Balaban J connectivity index is 2.28. The maximum absolute atomic E-state index is 6.15. The second-order valence-corrected chi connectivity index (χ2v) is 5.78. The van der Waals surface area contributed by atoms with E-state index in [1.807, 2.05) is 29.8 Å². The van der Waals surface area contributed by atoms with Crippen LogP contribution in [0.1, 0.15) is 25.0 Å². The van der Waals surface area contributed by atoms with Crippen LogP contribution in [0.2, 0.25) is 10.0 Å². The van der Waals surface area contributed by atoms with Gasteiger partial charge in [0.15, 0.2) is 0 Å². The molecule has 0 amide bonds. The van der Waals surface area contributed by atoms with Gasteiger partial charge in [0, 0.05) is 11.6 Å². The highest BCUT2D eigenvalue weighted by atomic mass is 35.5. The Morgan fingerprint density at radius 1 is 1.32 bits per heavy atom. The number of hydrogen-bond donors (Lipinski definition) is 1. The number of ether oxygens (including phenoxy) is 1. The highest BCUT2D eigenvalue weighted by molar-refractivity contribution is 7.07. The Kier molecular flexibility index (Phi) is 5.11. The van der Waals surface area contributed by atoms with E-state index < -0.39 is 0 Å². The van der Waals surface area contributed by atoms with Crippen molar-refractivity contribution in [1.29, 1.82) is 0 Å². The van der Waals surface area contributed by atoms with Crippen LogP contribution in [-0.4, -0.2) is 6.04 Å². The molecule has 2 aromatic rings. The lowest BCUT2D eigenvalue weighted by molar-refractivity contribution is 0.171. The van der Waals surface area contributed by atoms with Crippen LogP contribution in [0.3, 0.4) is 0 Å². The summed E-state index contributed by atoms with van der Waals surface area (Å²) in [4.78, 5) is 0. The normalized spacial score (nSPS) is 14.1. The average Bonchev–Trinajstić information content (AvgIpc) is 2.93. The molecule has 0 saturated heterocycles. The summed E-state index contributed by atoms with van der Waals surface area (Å²) in [5.74, 6) is 0.564.